The van der Waals surface area contributed by atoms with Gasteiger partial charge in [0.2, 0.25) is 0 Å². The minimum absolute atomic E-state index is 0. The Balaban J connectivity index is 0.00000243. The summed E-state index contributed by atoms with van der Waals surface area (Å²) in [5, 5.41) is 18.6. The molecule has 3 N–H and O–H groups in total. The van der Waals surface area contributed by atoms with Crippen LogP contribution in [-0.2, 0) is 11.3 Å². The molecule has 3 rings (SSSR count). The molecule has 0 aliphatic carbocycles. The summed E-state index contributed by atoms with van der Waals surface area (Å²) in [7, 11) is 1.78. The van der Waals surface area contributed by atoms with Gasteiger partial charge in [-0.2, -0.15) is 0 Å². The van der Waals surface area contributed by atoms with Crippen LogP contribution < -0.4 is 10.6 Å². The summed E-state index contributed by atoms with van der Waals surface area (Å²) in [6.45, 7) is 3.12. The van der Waals surface area contributed by atoms with Crippen molar-refractivity contribution >= 4 is 40.7 Å². The number of halogens is 1. The lowest BCUT2D eigenvalue weighted by atomic mass is 9.84. The van der Waals surface area contributed by atoms with Crippen molar-refractivity contribution in [3.8, 4) is 0 Å². The molecule has 1 atom stereocenters. The van der Waals surface area contributed by atoms with Gasteiger partial charge < -0.3 is 20.5 Å². The molecule has 0 radical (unpaired) electrons. The van der Waals surface area contributed by atoms with Crippen LogP contribution in [0.15, 0.2) is 47.5 Å². The molecule has 2 aromatic rings. The van der Waals surface area contributed by atoms with Gasteiger partial charge in [-0.25, -0.2) is 0 Å². The summed E-state index contributed by atoms with van der Waals surface area (Å²) in [5.74, 6) is 0.775. The van der Waals surface area contributed by atoms with Crippen molar-refractivity contribution in [3.05, 3.63) is 48.0 Å². The molecule has 142 valence electrons. The number of nitrogens with one attached hydrogen (secondary N) is 2. The van der Waals surface area contributed by atoms with Crippen molar-refractivity contribution in [1.82, 2.24) is 10.6 Å². The Labute approximate surface area is 172 Å². The third-order valence-corrected chi connectivity index (χ3v) is 5.01. The van der Waals surface area contributed by atoms with Crippen LogP contribution in [0.5, 0.6) is 0 Å². The Morgan fingerprint density at radius 2 is 2.00 bits per heavy atom. The van der Waals surface area contributed by atoms with E-state index in [2.05, 4.69) is 58.1 Å². The third-order valence-electron chi connectivity index (χ3n) is 5.01. The normalized spacial score (nSPS) is 20.0. The van der Waals surface area contributed by atoms with E-state index in [1.165, 1.54) is 16.3 Å². The molecule has 1 aliphatic rings. The fraction of sp³-hybridized carbons (Fsp3) is 0.450. The third kappa shape index (κ3) is 5.08. The minimum atomic E-state index is 0. The fourth-order valence-electron chi connectivity index (χ4n) is 3.43. The lowest BCUT2D eigenvalue weighted by Crippen LogP contribution is -2.44. The second-order valence-electron chi connectivity index (χ2n) is 6.69. The van der Waals surface area contributed by atoms with Crippen LogP contribution in [0.25, 0.3) is 10.8 Å². The molecule has 6 heteroatoms. The van der Waals surface area contributed by atoms with Crippen molar-refractivity contribution in [2.75, 3.05) is 33.4 Å². The number of fused-ring (bicyclic) bond motifs is 1. The zero-order valence-electron chi connectivity index (χ0n) is 15.2. The van der Waals surface area contributed by atoms with Gasteiger partial charge in [0.1, 0.15) is 0 Å². The van der Waals surface area contributed by atoms with Crippen LogP contribution in [0.3, 0.4) is 0 Å². The number of hydrogen-bond acceptors (Lipinski definition) is 3. The fourth-order valence-corrected chi connectivity index (χ4v) is 3.43. The van der Waals surface area contributed by atoms with Crippen molar-refractivity contribution in [2.24, 2.45) is 10.4 Å². The van der Waals surface area contributed by atoms with Gasteiger partial charge in [0.05, 0.1) is 6.61 Å². The first-order chi connectivity index (χ1) is 12.3. The number of benzene rings is 2. The first kappa shape index (κ1) is 20.9. The Morgan fingerprint density at radius 1 is 1.19 bits per heavy atom. The smallest absolute Gasteiger partial charge is 0.191 e. The number of nitrogens with zero attached hydrogens (tertiary/aromatic N) is 1. The van der Waals surface area contributed by atoms with Gasteiger partial charge in [0.15, 0.2) is 5.96 Å². The Bertz CT molecular complexity index is 725. The highest BCUT2D eigenvalue weighted by Crippen LogP contribution is 2.31. The summed E-state index contributed by atoms with van der Waals surface area (Å²) in [4.78, 5) is 4.33. The molecule has 1 heterocycles. The van der Waals surface area contributed by atoms with Gasteiger partial charge in [0.25, 0.3) is 0 Å². The number of aliphatic hydroxyl groups excluding tert-OH is 1. The molecule has 1 saturated heterocycles. The number of aliphatic hydroxyl groups is 1. The van der Waals surface area contributed by atoms with Gasteiger partial charge in [-0.05, 0) is 29.2 Å². The van der Waals surface area contributed by atoms with E-state index in [-0.39, 0.29) is 36.0 Å². The zero-order chi connectivity index (χ0) is 17.5. The first-order valence-corrected chi connectivity index (χ1v) is 8.86. The molecule has 1 fully saturated rings. The summed E-state index contributed by atoms with van der Waals surface area (Å²) in [6, 6.07) is 14.8. The second kappa shape index (κ2) is 10.1. The van der Waals surface area contributed by atoms with E-state index in [1.807, 2.05) is 0 Å². The molecule has 0 amide bonds. The molecule has 0 spiro atoms. The van der Waals surface area contributed by atoms with Crippen LogP contribution in [0.4, 0.5) is 0 Å². The predicted molar refractivity (Wildman–Crippen MR) is 117 cm³/mol. The average Bonchev–Trinajstić information content (AvgIpc) is 3.11. The maximum absolute atomic E-state index is 9.34. The van der Waals surface area contributed by atoms with E-state index in [1.54, 1.807) is 7.05 Å². The highest BCUT2D eigenvalue weighted by Gasteiger charge is 2.34. The van der Waals surface area contributed by atoms with Crippen LogP contribution in [-0.4, -0.2) is 44.5 Å². The van der Waals surface area contributed by atoms with Crippen molar-refractivity contribution in [3.63, 3.8) is 0 Å². The van der Waals surface area contributed by atoms with Crippen LogP contribution in [0, 0.1) is 5.41 Å². The summed E-state index contributed by atoms with van der Waals surface area (Å²) in [5.41, 5.74) is 1.25. The van der Waals surface area contributed by atoms with E-state index >= 15 is 0 Å². The highest BCUT2D eigenvalue weighted by molar-refractivity contribution is 14.0. The Kier molecular flexibility index (Phi) is 8.12. The van der Waals surface area contributed by atoms with Gasteiger partial charge in [-0.15, -0.1) is 24.0 Å². The molecular formula is C20H28IN3O2. The largest absolute Gasteiger partial charge is 0.396 e. The monoisotopic (exact) mass is 469 g/mol. The van der Waals surface area contributed by atoms with E-state index in [0.717, 1.165) is 32.0 Å². The van der Waals surface area contributed by atoms with Gasteiger partial charge in [-0.3, -0.25) is 4.99 Å². The average molecular weight is 469 g/mol. The molecule has 2 aromatic carbocycles. The second-order valence-corrected chi connectivity index (χ2v) is 6.69. The number of ether oxygens (including phenoxy) is 1. The van der Waals surface area contributed by atoms with Crippen LogP contribution >= 0.6 is 24.0 Å². The maximum Gasteiger partial charge on any atom is 0.191 e. The van der Waals surface area contributed by atoms with Gasteiger partial charge in [-0.1, -0.05) is 42.5 Å². The van der Waals surface area contributed by atoms with Crippen LogP contribution in [0.2, 0.25) is 0 Å². The van der Waals surface area contributed by atoms with Crippen molar-refractivity contribution in [1.29, 1.82) is 0 Å². The summed E-state index contributed by atoms with van der Waals surface area (Å²) < 4.78 is 5.55. The van der Waals surface area contributed by atoms with E-state index in [4.69, 9.17) is 4.74 Å². The number of guanidine groups is 1. The Hall–Kier alpha value is -1.38. The molecule has 0 aromatic heterocycles. The first-order valence-electron chi connectivity index (χ1n) is 8.86. The minimum Gasteiger partial charge on any atom is -0.396 e. The lowest BCUT2D eigenvalue weighted by molar-refractivity contribution is 0.127. The van der Waals surface area contributed by atoms with E-state index < -0.39 is 0 Å². The number of hydrogen-bond donors (Lipinski definition) is 3. The molecule has 1 aliphatic heterocycles. The van der Waals surface area contributed by atoms with Crippen molar-refractivity contribution < 1.29 is 9.84 Å². The zero-order valence-corrected chi connectivity index (χ0v) is 17.5. The van der Waals surface area contributed by atoms with Crippen molar-refractivity contribution in [2.45, 2.75) is 19.4 Å². The van der Waals surface area contributed by atoms with E-state index in [0.29, 0.717) is 13.2 Å². The quantitative estimate of drug-likeness (QED) is 0.346. The van der Waals surface area contributed by atoms with Crippen LogP contribution in [0.1, 0.15) is 18.4 Å². The Morgan fingerprint density at radius 3 is 2.73 bits per heavy atom. The molecular weight excluding hydrogens is 441 g/mol. The topological polar surface area (TPSA) is 65.9 Å². The number of rotatable bonds is 6. The predicted octanol–water partition coefficient (Wildman–Crippen LogP) is 2.91. The van der Waals surface area contributed by atoms with Gasteiger partial charge in [0, 0.05) is 38.8 Å². The maximum atomic E-state index is 9.34. The summed E-state index contributed by atoms with van der Waals surface area (Å²) in [6.07, 6.45) is 1.72. The number of aliphatic imine (C=N–C) groups is 1. The van der Waals surface area contributed by atoms with E-state index in [9.17, 15) is 5.11 Å². The summed E-state index contributed by atoms with van der Waals surface area (Å²) >= 11 is 0. The standard InChI is InChI=1S/C20H27N3O2.HI/c1-21-19(23-14-20(9-11-24)10-12-25-15-20)22-13-17-7-4-6-16-5-2-3-8-18(16)17;/h2-8,24H,9-15H2,1H3,(H2,21,22,23);1H. The molecule has 1 unspecified atom stereocenters. The molecule has 0 bridgehead atoms. The SMILES string of the molecule is CN=C(NCc1cccc2ccccc12)NCC1(CCO)CCOC1.I. The van der Waals surface area contributed by atoms with Gasteiger partial charge >= 0.3 is 0 Å². The molecule has 26 heavy (non-hydrogen) atoms. The molecule has 0 saturated carbocycles. The highest BCUT2D eigenvalue weighted by atomic mass is 127. The lowest BCUT2D eigenvalue weighted by Gasteiger charge is -2.27. The molecule has 5 nitrogen and oxygen atoms in total.